The molecule has 58 valence electrons. The van der Waals surface area contributed by atoms with Gasteiger partial charge in [0, 0.05) is 5.56 Å². The van der Waals surface area contributed by atoms with Crippen LogP contribution in [0.3, 0.4) is 0 Å². The van der Waals surface area contributed by atoms with Gasteiger partial charge in [-0.25, -0.2) is 4.79 Å². The first-order valence-electron chi connectivity index (χ1n) is 3.23. The van der Waals surface area contributed by atoms with Crippen molar-refractivity contribution in [2.24, 2.45) is 0 Å². The van der Waals surface area contributed by atoms with E-state index in [9.17, 15) is 4.79 Å². The second-order valence-corrected chi connectivity index (χ2v) is 3.44. The maximum atomic E-state index is 11.0. The van der Waals surface area contributed by atoms with Gasteiger partial charge in [-0.1, -0.05) is 18.2 Å². The van der Waals surface area contributed by atoms with Crippen LogP contribution in [0.15, 0.2) is 24.3 Å². The summed E-state index contributed by atoms with van der Waals surface area (Å²) >= 11 is 2.10. The van der Waals surface area contributed by atoms with Gasteiger partial charge in [0.25, 0.3) is 0 Å². The number of cyclic esters (lactones) is 1. The predicted octanol–water partition coefficient (Wildman–Crippen LogP) is 1.64. The maximum absolute atomic E-state index is 11.0. The van der Waals surface area contributed by atoms with Gasteiger partial charge in [-0.2, -0.15) is 0 Å². The molecule has 1 aromatic rings. The quantitative estimate of drug-likeness (QED) is 0.313. The third-order valence-corrected chi connectivity index (χ3v) is 2.56. The molecule has 1 aromatic carbocycles. The molecule has 2 nitrogen and oxygen atoms in total. The number of ether oxygens (including phenoxy) is 1. The van der Waals surface area contributed by atoms with Crippen molar-refractivity contribution in [2.75, 3.05) is 0 Å². The molecule has 1 atom stereocenters. The van der Waals surface area contributed by atoms with Crippen LogP contribution in [0.25, 0.3) is 0 Å². The summed E-state index contributed by atoms with van der Waals surface area (Å²) in [6, 6.07) is 7.45. The fourth-order valence-electron chi connectivity index (χ4n) is 1.10. The summed E-state index contributed by atoms with van der Waals surface area (Å²) in [4.78, 5) is 11.0. The number of hydrogen-bond acceptors (Lipinski definition) is 2. The van der Waals surface area contributed by atoms with Gasteiger partial charge < -0.3 is 4.74 Å². The first-order valence-corrected chi connectivity index (χ1v) is 4.47. The van der Waals surface area contributed by atoms with E-state index in [1.807, 2.05) is 18.2 Å². The number of rotatable bonds is 0. The van der Waals surface area contributed by atoms with Crippen molar-refractivity contribution < 1.29 is 9.53 Å². The van der Waals surface area contributed by atoms with E-state index < -0.39 is 0 Å². The second kappa shape index (κ2) is 4.09. The molecule has 1 aliphatic heterocycles. The van der Waals surface area contributed by atoms with Gasteiger partial charge >= 0.3 is 35.5 Å². The molecular weight excluding hydrogens is 278 g/mol. The monoisotopic (exact) mass is 284 g/mol. The van der Waals surface area contributed by atoms with Crippen molar-refractivity contribution in [2.45, 2.75) is 4.11 Å². The van der Waals surface area contributed by atoms with Crippen molar-refractivity contribution in [1.82, 2.24) is 0 Å². The Hall–Kier alpha value is 0.420. The van der Waals surface area contributed by atoms with Crippen LogP contribution < -0.4 is 0 Å². The molecule has 0 spiro atoms. The first-order chi connectivity index (χ1) is 5.29. The zero-order valence-corrected chi connectivity index (χ0v) is 7.74. The molecule has 1 aliphatic rings. The number of hydrogen-bond donors (Lipinski definition) is 0. The predicted molar refractivity (Wildman–Crippen MR) is 55.8 cm³/mol. The van der Waals surface area contributed by atoms with Gasteiger partial charge in [0.05, 0.1) is 5.56 Å². The number of esters is 1. The van der Waals surface area contributed by atoms with E-state index in [4.69, 9.17) is 4.74 Å². The molecule has 0 radical (unpaired) electrons. The van der Waals surface area contributed by atoms with Crippen molar-refractivity contribution in [1.29, 1.82) is 0 Å². The zero-order valence-electron chi connectivity index (χ0n) is 5.58. The summed E-state index contributed by atoms with van der Waals surface area (Å²) in [7, 11) is 0. The fourth-order valence-corrected chi connectivity index (χ4v) is 1.88. The summed E-state index contributed by atoms with van der Waals surface area (Å²) in [5.41, 5.74) is 1.69. The van der Waals surface area contributed by atoms with E-state index >= 15 is 0 Å². The van der Waals surface area contributed by atoms with Crippen LogP contribution in [-0.2, 0) is 4.74 Å². The summed E-state index contributed by atoms with van der Waals surface area (Å²) in [6.45, 7) is 0. The van der Waals surface area contributed by atoms with Crippen molar-refractivity contribution in [3.63, 3.8) is 0 Å². The van der Waals surface area contributed by atoms with E-state index in [2.05, 4.69) is 22.6 Å². The van der Waals surface area contributed by atoms with Gasteiger partial charge in [-0.05, 0) is 28.7 Å². The molecule has 0 bridgehead atoms. The minimum atomic E-state index is -0.208. The van der Waals surface area contributed by atoms with Crippen LogP contribution in [0.2, 0.25) is 0 Å². The number of benzene rings is 1. The topological polar surface area (TPSA) is 26.3 Å². The van der Waals surface area contributed by atoms with Crippen molar-refractivity contribution in [3.05, 3.63) is 35.4 Å². The summed E-state index contributed by atoms with van der Waals surface area (Å²) < 4.78 is 4.88. The average molecular weight is 284 g/mol. The van der Waals surface area contributed by atoms with Crippen LogP contribution in [0.5, 0.6) is 0 Å². The van der Waals surface area contributed by atoms with Gasteiger partial charge in [0.2, 0.25) is 0 Å². The van der Waals surface area contributed by atoms with Crippen molar-refractivity contribution >= 4 is 58.1 Å². The Morgan fingerprint density at radius 1 is 1.33 bits per heavy atom. The molecule has 0 saturated heterocycles. The number of fused-ring (bicyclic) bond motifs is 1. The van der Waals surface area contributed by atoms with E-state index in [1.54, 1.807) is 6.07 Å². The molecule has 0 aliphatic carbocycles. The second-order valence-electron chi connectivity index (χ2n) is 2.31. The molecule has 0 N–H and O–H groups in total. The van der Waals surface area contributed by atoms with Crippen LogP contribution in [0.4, 0.5) is 0 Å². The van der Waals surface area contributed by atoms with Crippen LogP contribution in [0.1, 0.15) is 20.0 Å². The summed E-state index contributed by atoms with van der Waals surface area (Å²) in [5, 5.41) is 0. The number of alkyl halides is 1. The Morgan fingerprint density at radius 2 is 2.00 bits per heavy atom. The Kier molecular flexibility index (Phi) is 3.58. The molecule has 0 fully saturated rings. The van der Waals surface area contributed by atoms with Crippen LogP contribution in [-0.4, -0.2) is 35.5 Å². The number of carbonyl (C=O) groups is 1. The minimum absolute atomic E-state index is 0. The Bertz CT molecular complexity index is 314. The molecule has 2 rings (SSSR count). The molecular formula is C8H6INaO2. The molecule has 0 aromatic heterocycles. The van der Waals surface area contributed by atoms with Crippen LogP contribution in [0, 0.1) is 0 Å². The van der Waals surface area contributed by atoms with E-state index in [1.165, 1.54) is 0 Å². The van der Waals surface area contributed by atoms with E-state index in [-0.39, 0.29) is 39.6 Å². The van der Waals surface area contributed by atoms with Crippen molar-refractivity contribution in [3.8, 4) is 0 Å². The van der Waals surface area contributed by atoms with E-state index in [0.717, 1.165) is 5.56 Å². The standard InChI is InChI=1S/C8H5IO2.Na.H/c9-7-5-3-1-2-4-6(5)8(10)11-7;;/h1-4,7H;;. The molecule has 0 saturated carbocycles. The molecule has 1 heterocycles. The van der Waals surface area contributed by atoms with Gasteiger partial charge in [-0.3, -0.25) is 0 Å². The Morgan fingerprint density at radius 3 is 2.67 bits per heavy atom. The molecule has 4 heteroatoms. The SMILES string of the molecule is O=C1OC(I)c2ccccc21.[NaH]. The summed E-state index contributed by atoms with van der Waals surface area (Å²) in [6.07, 6.45) is 0. The molecule has 12 heavy (non-hydrogen) atoms. The molecule has 1 unspecified atom stereocenters. The number of carbonyl (C=O) groups excluding carboxylic acids is 1. The van der Waals surface area contributed by atoms with Gasteiger partial charge in [-0.15, -0.1) is 0 Å². The first kappa shape index (κ1) is 10.5. The van der Waals surface area contributed by atoms with Gasteiger partial charge in [0.15, 0.2) is 4.11 Å². The number of halogens is 1. The van der Waals surface area contributed by atoms with E-state index in [0.29, 0.717) is 5.56 Å². The Labute approximate surface area is 106 Å². The average Bonchev–Trinajstić information content (AvgIpc) is 2.30. The zero-order chi connectivity index (χ0) is 7.84. The van der Waals surface area contributed by atoms with Crippen LogP contribution >= 0.6 is 22.6 Å². The normalized spacial score (nSPS) is 19.4. The third-order valence-electron chi connectivity index (χ3n) is 1.64. The summed E-state index contributed by atoms with van der Waals surface area (Å²) in [5.74, 6) is -0.208. The molecule has 0 amide bonds. The van der Waals surface area contributed by atoms with Gasteiger partial charge in [0.1, 0.15) is 0 Å². The Balaban J connectivity index is 0.000000720. The fraction of sp³-hybridized carbons (Fsp3) is 0.125. The third kappa shape index (κ3) is 1.69.